The molecule has 14 heteroatoms. The fourth-order valence-electron chi connectivity index (χ4n) is 9.00. The lowest BCUT2D eigenvalue weighted by atomic mass is 9.70. The number of rotatable bonds is 17. The highest BCUT2D eigenvalue weighted by Crippen LogP contribution is 2.61. The van der Waals surface area contributed by atoms with Crippen molar-refractivity contribution in [1.29, 1.82) is 0 Å². The summed E-state index contributed by atoms with van der Waals surface area (Å²) < 4.78 is 14.9. The third-order valence-corrected chi connectivity index (χ3v) is 12.8. The molecule has 13 nitrogen and oxygen atoms in total. The maximum atomic E-state index is 15.3. The first-order chi connectivity index (χ1) is 28.0. The van der Waals surface area contributed by atoms with Crippen molar-refractivity contribution in [3.63, 3.8) is 0 Å². The first kappa shape index (κ1) is 41.0. The number of nitrogens with zero attached hydrogens (tertiary/aromatic N) is 6. The number of aliphatic hydroxyl groups excluding tert-OH is 1. The van der Waals surface area contributed by atoms with Crippen molar-refractivity contribution in [2.75, 3.05) is 20.2 Å². The van der Waals surface area contributed by atoms with Crippen molar-refractivity contribution >= 4 is 50.7 Å². The van der Waals surface area contributed by atoms with Crippen molar-refractivity contribution in [3.05, 3.63) is 121 Å². The lowest BCUT2D eigenvalue weighted by Crippen LogP contribution is -2.59. The van der Waals surface area contributed by atoms with E-state index < -0.39 is 77.0 Å². The summed E-state index contributed by atoms with van der Waals surface area (Å²) in [6.07, 6.45) is 2.85. The molecule has 4 heterocycles. The first-order valence-corrected chi connectivity index (χ1v) is 20.5. The summed E-state index contributed by atoms with van der Waals surface area (Å²) in [5.74, 6) is -3.92. The topological polar surface area (TPSA) is 147 Å². The zero-order valence-corrected chi connectivity index (χ0v) is 34.3. The Balaban J connectivity index is 1.27. The summed E-state index contributed by atoms with van der Waals surface area (Å²) in [6.45, 7) is 9.13. The summed E-state index contributed by atoms with van der Waals surface area (Å²) in [7, 11) is 1.68. The molecule has 3 fully saturated rings. The van der Waals surface area contributed by atoms with E-state index in [0.29, 0.717) is 23.0 Å². The number of hydrogen-bond donors (Lipinski definition) is 1. The van der Waals surface area contributed by atoms with Crippen LogP contribution < -0.4 is 0 Å². The number of esters is 1. The molecule has 1 spiro atoms. The standard InChI is InChI=1S/C44H49BrN6O7/c1-5-7-22-35(53)48(4)28(3)38(30-18-12-9-13-19-30)57-43(56)36-37-41(54)51(31(26-52)24-29-16-10-8-11-17-29)40(44(37)25-32(45)39(36)58-44)42(55)49(23-6-2)27-50-34-21-15-14-20-33(34)46-47-50/h5-6,8-21,28,31-32,36-40,52H,1-2,7,22-27H2,3-4H3/t28-,31-,32?,36-,37+,38+,39-,40-,44+/m1/s1. The normalized spacial score (nSPS) is 24.9. The molecule has 4 aromatic rings. The number of halogens is 1. The Morgan fingerprint density at radius 2 is 1.74 bits per heavy atom. The smallest absolute Gasteiger partial charge is 0.313 e. The van der Waals surface area contributed by atoms with Gasteiger partial charge in [0, 0.05) is 24.8 Å². The SMILES string of the molecule is C=CCCC(=O)N(C)[C@H](C)[C@H](OC(=O)[C@H]1[C@@H]2O[C@@]3(CC2Br)[C@@H]1C(=O)N([C@@H](CO)Cc1ccccc1)[C@@H]3C(=O)N(CC=C)Cn1nnc2ccccc21)c1ccccc1. The van der Waals surface area contributed by atoms with Crippen LogP contribution in [0.25, 0.3) is 11.0 Å². The molecule has 1 unspecified atom stereocenters. The average molecular weight is 854 g/mol. The molecule has 3 aliphatic heterocycles. The summed E-state index contributed by atoms with van der Waals surface area (Å²) in [5.41, 5.74) is 1.46. The summed E-state index contributed by atoms with van der Waals surface area (Å²) in [6, 6.07) is 23.4. The van der Waals surface area contributed by atoms with Gasteiger partial charge in [-0.15, -0.1) is 18.3 Å². The highest BCUT2D eigenvalue weighted by Gasteiger charge is 2.77. The van der Waals surface area contributed by atoms with Gasteiger partial charge in [0.2, 0.25) is 17.7 Å². The summed E-state index contributed by atoms with van der Waals surface area (Å²) >= 11 is 3.77. The predicted molar refractivity (Wildman–Crippen MR) is 220 cm³/mol. The van der Waals surface area contributed by atoms with Crippen LogP contribution >= 0.6 is 15.9 Å². The number of hydrogen-bond acceptors (Lipinski definition) is 9. The average Bonchev–Trinajstić information content (AvgIpc) is 3.97. The number of ether oxygens (including phenoxy) is 2. The maximum Gasteiger partial charge on any atom is 0.313 e. The van der Waals surface area contributed by atoms with Crippen molar-refractivity contribution in [2.24, 2.45) is 11.8 Å². The molecule has 1 N–H and O–H groups in total. The van der Waals surface area contributed by atoms with Gasteiger partial charge in [-0.25, -0.2) is 4.68 Å². The largest absolute Gasteiger partial charge is 0.455 e. The van der Waals surface area contributed by atoms with Gasteiger partial charge in [-0.05, 0) is 49.4 Å². The molecule has 7 rings (SSSR count). The number of carbonyl (C=O) groups excluding carboxylic acids is 4. The number of amides is 3. The Hall–Kier alpha value is -5.18. The first-order valence-electron chi connectivity index (χ1n) is 19.6. The number of benzene rings is 3. The molecule has 304 valence electrons. The zero-order chi connectivity index (χ0) is 41.1. The van der Waals surface area contributed by atoms with Crippen LogP contribution in [0.1, 0.15) is 43.4 Å². The van der Waals surface area contributed by atoms with Gasteiger partial charge in [0.25, 0.3) is 0 Å². The molecule has 3 amide bonds. The van der Waals surface area contributed by atoms with Gasteiger partial charge in [0.15, 0.2) is 0 Å². The lowest BCUT2D eigenvalue weighted by molar-refractivity contribution is -0.165. The third kappa shape index (κ3) is 7.48. The van der Waals surface area contributed by atoms with Gasteiger partial charge < -0.3 is 29.3 Å². The Morgan fingerprint density at radius 3 is 2.43 bits per heavy atom. The van der Waals surface area contributed by atoms with E-state index >= 15 is 9.59 Å². The lowest BCUT2D eigenvalue weighted by Gasteiger charge is -2.39. The van der Waals surface area contributed by atoms with Gasteiger partial charge in [-0.3, -0.25) is 19.2 Å². The summed E-state index contributed by atoms with van der Waals surface area (Å²) in [4.78, 5) is 62.6. The van der Waals surface area contributed by atoms with E-state index in [1.165, 1.54) is 4.90 Å². The fraction of sp³-hybridized carbons (Fsp3) is 0.409. The van der Waals surface area contributed by atoms with E-state index in [-0.39, 0.29) is 38.4 Å². The second kappa shape index (κ2) is 17.4. The zero-order valence-electron chi connectivity index (χ0n) is 32.7. The Labute approximate surface area is 346 Å². The molecule has 0 aliphatic carbocycles. The van der Waals surface area contributed by atoms with Crippen molar-refractivity contribution in [1.82, 2.24) is 29.7 Å². The van der Waals surface area contributed by atoms with Crippen molar-refractivity contribution in [3.8, 4) is 0 Å². The molecule has 1 aromatic heterocycles. The van der Waals surface area contributed by atoms with Gasteiger partial charge in [0.1, 0.15) is 29.9 Å². The minimum atomic E-state index is -1.45. The number of likely N-dealkylation sites (tertiary alicyclic amines) is 1. The molecule has 3 aromatic carbocycles. The van der Waals surface area contributed by atoms with E-state index in [1.54, 1.807) is 33.7 Å². The van der Waals surface area contributed by atoms with E-state index in [2.05, 4.69) is 39.4 Å². The van der Waals surface area contributed by atoms with Crippen LogP contribution in [-0.4, -0.2) is 113 Å². The number of aliphatic hydroxyl groups is 1. The molecule has 9 atom stereocenters. The van der Waals surface area contributed by atoms with Gasteiger partial charge in [0.05, 0.1) is 42.1 Å². The maximum absolute atomic E-state index is 15.3. The molecular weight excluding hydrogens is 804 g/mol. The van der Waals surface area contributed by atoms with Crippen LogP contribution in [0.15, 0.2) is 110 Å². The molecule has 0 saturated carbocycles. The second-order valence-corrected chi connectivity index (χ2v) is 16.5. The highest BCUT2D eigenvalue weighted by atomic mass is 79.9. The highest BCUT2D eigenvalue weighted by molar-refractivity contribution is 9.09. The van der Waals surface area contributed by atoms with Crippen LogP contribution in [0.5, 0.6) is 0 Å². The van der Waals surface area contributed by atoms with E-state index in [1.807, 2.05) is 91.9 Å². The number of alkyl halides is 1. The van der Waals surface area contributed by atoms with E-state index in [9.17, 15) is 14.7 Å². The Morgan fingerprint density at radius 1 is 1.05 bits per heavy atom. The second-order valence-electron chi connectivity index (χ2n) is 15.3. The number of fused-ring (bicyclic) bond motifs is 2. The van der Waals surface area contributed by atoms with Crippen LogP contribution in [-0.2, 0) is 41.7 Å². The monoisotopic (exact) mass is 852 g/mol. The van der Waals surface area contributed by atoms with Crippen LogP contribution in [0, 0.1) is 11.8 Å². The fourth-order valence-corrected chi connectivity index (χ4v) is 9.94. The number of carbonyl (C=O) groups is 4. The minimum absolute atomic E-state index is 0.00452. The number of likely N-dealkylation sites (N-methyl/N-ethyl adjacent to an activating group) is 1. The van der Waals surface area contributed by atoms with E-state index in [4.69, 9.17) is 9.47 Å². The van der Waals surface area contributed by atoms with Gasteiger partial charge in [-0.2, -0.15) is 0 Å². The number of allylic oxidation sites excluding steroid dienone is 1. The molecule has 58 heavy (non-hydrogen) atoms. The van der Waals surface area contributed by atoms with Crippen LogP contribution in [0.3, 0.4) is 0 Å². The number of aromatic nitrogens is 3. The van der Waals surface area contributed by atoms with Crippen LogP contribution in [0.2, 0.25) is 0 Å². The van der Waals surface area contributed by atoms with Gasteiger partial charge >= 0.3 is 5.97 Å². The third-order valence-electron chi connectivity index (χ3n) is 11.9. The molecular formula is C44H49BrN6O7. The minimum Gasteiger partial charge on any atom is -0.455 e. The van der Waals surface area contributed by atoms with Crippen molar-refractivity contribution in [2.45, 2.75) is 80.0 Å². The Bertz CT molecular complexity index is 2150. The number of para-hydroxylation sites is 1. The molecule has 2 bridgehead atoms. The Kier molecular flexibility index (Phi) is 12.3. The molecule has 0 radical (unpaired) electrons. The van der Waals surface area contributed by atoms with Gasteiger partial charge in [-0.1, -0.05) is 106 Å². The summed E-state index contributed by atoms with van der Waals surface area (Å²) in [5, 5.41) is 19.6. The quantitative estimate of drug-likeness (QED) is 0.0895. The van der Waals surface area contributed by atoms with E-state index in [0.717, 1.165) is 5.56 Å². The molecule has 3 aliphatic rings. The van der Waals surface area contributed by atoms with Crippen molar-refractivity contribution < 1.29 is 33.8 Å². The predicted octanol–water partition coefficient (Wildman–Crippen LogP) is 4.85. The van der Waals surface area contributed by atoms with Crippen LogP contribution in [0.4, 0.5) is 0 Å². The molecule has 3 saturated heterocycles.